The fraction of sp³-hybridized carbons (Fsp3) is 0. The molecule has 1 aromatic rings. The second-order valence-electron chi connectivity index (χ2n) is 3.07. The molecule has 7 nitrogen and oxygen atoms in total. The first-order chi connectivity index (χ1) is 6.91. The van der Waals surface area contributed by atoms with Crippen LogP contribution in [0, 0.1) is 0 Å². The highest BCUT2D eigenvalue weighted by molar-refractivity contribution is 6.01. The normalized spacial score (nSPS) is 11.6. The topological polar surface area (TPSA) is 182 Å². The Labute approximate surface area is 86.9 Å². The zero-order valence-electron chi connectivity index (χ0n) is 8.12. The van der Waals surface area contributed by atoms with E-state index in [4.69, 9.17) is 40.1 Å². The lowest BCUT2D eigenvalue weighted by atomic mass is 10.0. The van der Waals surface area contributed by atoms with Gasteiger partial charge in [0, 0.05) is 11.8 Å². The third-order valence-electron chi connectivity index (χ3n) is 2.17. The number of benzene rings is 1. The van der Waals surface area contributed by atoms with Crippen molar-refractivity contribution < 1.29 is 0 Å². The van der Waals surface area contributed by atoms with E-state index in [1.165, 1.54) is 0 Å². The van der Waals surface area contributed by atoms with Crippen molar-refractivity contribution in [1.82, 2.24) is 0 Å². The fourth-order valence-corrected chi connectivity index (χ4v) is 1.24. The summed E-state index contributed by atoms with van der Waals surface area (Å²) in [6.45, 7) is 0. The summed E-state index contributed by atoms with van der Waals surface area (Å²) in [5.74, 6) is 0. The Hall–Kier alpha value is -2.44. The second kappa shape index (κ2) is 3.37. The summed E-state index contributed by atoms with van der Waals surface area (Å²) in [7, 11) is 0. The van der Waals surface area contributed by atoms with Crippen LogP contribution in [-0.2, 0) is 0 Å². The Morgan fingerprint density at radius 3 is 1.40 bits per heavy atom. The number of hydrogen-bond acceptors (Lipinski definition) is 7. The second-order valence-corrected chi connectivity index (χ2v) is 3.07. The van der Waals surface area contributed by atoms with Crippen LogP contribution < -0.4 is 40.1 Å². The molecule has 7 heteroatoms. The van der Waals surface area contributed by atoms with E-state index in [0.29, 0.717) is 5.56 Å². The Morgan fingerprint density at radius 2 is 1.07 bits per heavy atom. The molecule has 82 valence electrons. The smallest absolute Gasteiger partial charge is 0.0824 e. The average molecular weight is 209 g/mol. The minimum atomic E-state index is 0.151. The molecule has 0 atom stereocenters. The largest absolute Gasteiger partial charge is 0.403 e. The van der Waals surface area contributed by atoms with Crippen LogP contribution in [0.3, 0.4) is 0 Å². The van der Waals surface area contributed by atoms with Crippen LogP contribution >= 0.6 is 0 Å². The summed E-state index contributed by atoms with van der Waals surface area (Å²) in [6.07, 6.45) is 1.16. The summed E-state index contributed by atoms with van der Waals surface area (Å²) < 4.78 is 0. The van der Waals surface area contributed by atoms with Gasteiger partial charge in [-0.3, -0.25) is 0 Å². The molecule has 0 saturated carbocycles. The predicted octanol–water partition coefficient (Wildman–Crippen LogP) is -1.19. The van der Waals surface area contributed by atoms with E-state index in [1.807, 2.05) is 0 Å². The van der Waals surface area contributed by atoms with Crippen molar-refractivity contribution in [3.8, 4) is 0 Å². The molecule has 0 aliphatic carbocycles. The molecular weight excluding hydrogens is 194 g/mol. The molecule has 0 heterocycles. The van der Waals surface area contributed by atoms with Gasteiger partial charge in [0.15, 0.2) is 0 Å². The Bertz CT molecular complexity index is 406. The van der Waals surface area contributed by atoms with Gasteiger partial charge in [0.2, 0.25) is 0 Å². The van der Waals surface area contributed by atoms with E-state index in [1.54, 1.807) is 0 Å². The predicted molar refractivity (Wildman–Crippen MR) is 64.9 cm³/mol. The van der Waals surface area contributed by atoms with E-state index < -0.39 is 0 Å². The first-order valence-electron chi connectivity index (χ1n) is 4.10. The van der Waals surface area contributed by atoms with Gasteiger partial charge in [-0.1, -0.05) is 0 Å². The maximum Gasteiger partial charge on any atom is 0.0824 e. The quantitative estimate of drug-likeness (QED) is 0.284. The Morgan fingerprint density at radius 1 is 0.733 bits per heavy atom. The van der Waals surface area contributed by atoms with Gasteiger partial charge in [-0.05, 0) is 0 Å². The Balaban J connectivity index is 3.67. The van der Waals surface area contributed by atoms with Gasteiger partial charge < -0.3 is 40.1 Å². The molecule has 0 aromatic heterocycles. The van der Waals surface area contributed by atoms with Crippen molar-refractivity contribution in [2.75, 3.05) is 28.7 Å². The summed E-state index contributed by atoms with van der Waals surface area (Å²) in [6, 6.07) is 0. The lowest BCUT2D eigenvalue weighted by Gasteiger charge is -2.16. The third-order valence-corrected chi connectivity index (χ3v) is 2.17. The number of rotatable bonds is 1. The van der Waals surface area contributed by atoms with Crippen LogP contribution in [0.4, 0.5) is 28.4 Å². The highest BCUT2D eigenvalue weighted by atomic mass is 14.8. The van der Waals surface area contributed by atoms with Crippen molar-refractivity contribution in [3.05, 3.63) is 11.8 Å². The van der Waals surface area contributed by atoms with E-state index in [2.05, 4.69) is 0 Å². The highest BCUT2D eigenvalue weighted by Gasteiger charge is 2.17. The molecule has 0 unspecified atom stereocenters. The highest BCUT2D eigenvalue weighted by Crippen LogP contribution is 2.40. The van der Waals surface area contributed by atoms with Crippen molar-refractivity contribution >= 4 is 34.1 Å². The van der Waals surface area contributed by atoms with E-state index in [9.17, 15) is 0 Å². The van der Waals surface area contributed by atoms with Crippen LogP contribution in [0.25, 0.3) is 5.70 Å². The molecule has 0 fully saturated rings. The van der Waals surface area contributed by atoms with Crippen molar-refractivity contribution in [3.63, 3.8) is 0 Å². The average Bonchev–Trinajstić information content (AvgIpc) is 2.23. The van der Waals surface area contributed by atoms with Gasteiger partial charge in [-0.25, -0.2) is 0 Å². The molecule has 0 spiro atoms. The van der Waals surface area contributed by atoms with Crippen LogP contribution in [-0.4, -0.2) is 0 Å². The molecule has 0 aliphatic rings. The zero-order valence-corrected chi connectivity index (χ0v) is 8.12. The zero-order chi connectivity index (χ0) is 11.7. The SMILES string of the molecule is N/C=C(/N)c1c(N)c(N)c(N)c(N)c1N. The standard InChI is InChI=1S/C8H15N7/c9-1-2(10)3-4(11)6(13)8(15)7(14)5(3)12/h1H,9-15H2/b2-1+. The fourth-order valence-electron chi connectivity index (χ4n) is 1.24. The Kier molecular flexibility index (Phi) is 2.39. The molecule has 0 aliphatic heterocycles. The molecular formula is C8H15N7. The van der Waals surface area contributed by atoms with Crippen molar-refractivity contribution in [2.24, 2.45) is 11.5 Å². The minimum absolute atomic E-state index is 0.151. The molecule has 1 aromatic carbocycles. The molecule has 0 radical (unpaired) electrons. The van der Waals surface area contributed by atoms with E-state index in [-0.39, 0.29) is 34.1 Å². The molecule has 14 N–H and O–H groups in total. The number of nitrogens with two attached hydrogens (primary N) is 7. The van der Waals surface area contributed by atoms with Gasteiger partial charge in [0.1, 0.15) is 0 Å². The van der Waals surface area contributed by atoms with E-state index in [0.717, 1.165) is 6.20 Å². The van der Waals surface area contributed by atoms with Gasteiger partial charge in [-0.2, -0.15) is 0 Å². The van der Waals surface area contributed by atoms with Gasteiger partial charge in [-0.15, -0.1) is 0 Å². The minimum Gasteiger partial charge on any atom is -0.403 e. The van der Waals surface area contributed by atoms with Gasteiger partial charge in [0.05, 0.1) is 34.1 Å². The van der Waals surface area contributed by atoms with Crippen LogP contribution in [0.1, 0.15) is 5.56 Å². The maximum atomic E-state index is 5.71. The van der Waals surface area contributed by atoms with Gasteiger partial charge in [0.25, 0.3) is 0 Å². The van der Waals surface area contributed by atoms with Crippen LogP contribution in [0.5, 0.6) is 0 Å². The molecule has 1 rings (SSSR count). The summed E-state index contributed by atoms with van der Waals surface area (Å²) >= 11 is 0. The number of anilines is 5. The summed E-state index contributed by atoms with van der Waals surface area (Å²) in [5.41, 5.74) is 40.5. The van der Waals surface area contributed by atoms with Gasteiger partial charge >= 0.3 is 0 Å². The maximum absolute atomic E-state index is 5.71. The lowest BCUT2D eigenvalue weighted by molar-refractivity contribution is 1.46. The number of hydrogen-bond donors (Lipinski definition) is 7. The third kappa shape index (κ3) is 1.39. The summed E-state index contributed by atoms with van der Waals surface area (Å²) in [5, 5.41) is 0. The van der Waals surface area contributed by atoms with Crippen molar-refractivity contribution in [1.29, 1.82) is 0 Å². The molecule has 15 heavy (non-hydrogen) atoms. The number of nitrogen functional groups attached to an aromatic ring is 5. The van der Waals surface area contributed by atoms with E-state index >= 15 is 0 Å². The van der Waals surface area contributed by atoms with Crippen LogP contribution in [0.2, 0.25) is 0 Å². The van der Waals surface area contributed by atoms with Crippen LogP contribution in [0.15, 0.2) is 6.20 Å². The first-order valence-corrected chi connectivity index (χ1v) is 4.10. The van der Waals surface area contributed by atoms with Crippen molar-refractivity contribution in [2.45, 2.75) is 0 Å². The lowest BCUT2D eigenvalue weighted by Crippen LogP contribution is -2.13. The molecule has 0 amide bonds. The monoisotopic (exact) mass is 209 g/mol. The molecule has 0 saturated heterocycles. The molecule has 0 bridgehead atoms. The first kappa shape index (κ1) is 10.6. The summed E-state index contributed by atoms with van der Waals surface area (Å²) in [4.78, 5) is 0.